The summed E-state index contributed by atoms with van der Waals surface area (Å²) in [6.07, 6.45) is 2.98. The van der Waals surface area contributed by atoms with Crippen LogP contribution in [0.5, 0.6) is 0 Å². The summed E-state index contributed by atoms with van der Waals surface area (Å²) in [5.74, 6) is 0.166. The van der Waals surface area contributed by atoms with Gasteiger partial charge in [-0.15, -0.1) is 0 Å². The minimum Gasteiger partial charge on any atom is -0.342 e. The number of nitrogens with zero attached hydrogens (tertiary/aromatic N) is 4. The predicted octanol–water partition coefficient (Wildman–Crippen LogP) is 1.80. The van der Waals surface area contributed by atoms with Crippen LogP contribution < -0.4 is 0 Å². The fourth-order valence-corrected chi connectivity index (χ4v) is 6.42. The van der Waals surface area contributed by atoms with E-state index in [4.69, 9.17) is 11.6 Å². The van der Waals surface area contributed by atoms with Crippen LogP contribution in [0, 0.1) is 12.3 Å². The van der Waals surface area contributed by atoms with E-state index in [2.05, 4.69) is 5.10 Å². The fraction of sp³-hybridized carbons (Fsp3) is 0.750. The molecule has 2 aliphatic heterocycles. The first kappa shape index (κ1) is 18.7. The molecular formula is C16H25ClN4O3S. The van der Waals surface area contributed by atoms with Crippen LogP contribution >= 0.6 is 11.6 Å². The normalized spacial score (nSPS) is 25.8. The largest absolute Gasteiger partial charge is 0.342 e. The molecule has 3 rings (SSSR count). The second-order valence-corrected chi connectivity index (χ2v) is 9.41. The van der Waals surface area contributed by atoms with E-state index in [9.17, 15) is 13.2 Å². The van der Waals surface area contributed by atoms with Gasteiger partial charge in [-0.1, -0.05) is 11.6 Å². The topological polar surface area (TPSA) is 75.5 Å². The minimum absolute atomic E-state index is 0.105. The summed E-state index contributed by atoms with van der Waals surface area (Å²) >= 11 is 6.20. The Bertz CT molecular complexity index is 792. The molecule has 0 saturated carbocycles. The lowest BCUT2D eigenvalue weighted by Gasteiger charge is -2.47. The number of aryl methyl sites for hydroxylation is 2. The molecule has 7 nitrogen and oxygen atoms in total. The molecule has 1 amide bonds. The van der Waals surface area contributed by atoms with Gasteiger partial charge in [0.15, 0.2) is 0 Å². The standard InChI is InChI=1S/C16H25ClN4O3S/c1-4-20-10-16(8-6-13(20)22)7-5-9-21(11-16)25(23,24)14-12(2)18-19(3)15(14)17/h4-11H2,1-3H3. The van der Waals surface area contributed by atoms with Crippen LogP contribution in [0.2, 0.25) is 5.15 Å². The highest BCUT2D eigenvalue weighted by atomic mass is 35.5. The van der Waals surface area contributed by atoms with Gasteiger partial charge in [0.25, 0.3) is 0 Å². The van der Waals surface area contributed by atoms with Crippen LogP contribution in [-0.4, -0.2) is 59.5 Å². The molecular weight excluding hydrogens is 364 g/mol. The van der Waals surface area contributed by atoms with E-state index < -0.39 is 10.0 Å². The Balaban J connectivity index is 1.89. The number of amides is 1. The van der Waals surface area contributed by atoms with Gasteiger partial charge in [0, 0.05) is 45.1 Å². The SMILES string of the molecule is CCN1CC2(CCCN(S(=O)(=O)c3c(C)nn(C)c3Cl)C2)CCC1=O. The highest BCUT2D eigenvalue weighted by molar-refractivity contribution is 7.89. The molecule has 9 heteroatoms. The van der Waals surface area contributed by atoms with Crippen molar-refractivity contribution in [1.82, 2.24) is 19.0 Å². The summed E-state index contributed by atoms with van der Waals surface area (Å²) < 4.78 is 29.3. The van der Waals surface area contributed by atoms with Crippen LogP contribution in [0.25, 0.3) is 0 Å². The van der Waals surface area contributed by atoms with Crippen molar-refractivity contribution >= 4 is 27.5 Å². The molecule has 2 fully saturated rings. The second kappa shape index (κ2) is 6.55. The number of halogens is 1. The summed E-state index contributed by atoms with van der Waals surface area (Å²) in [5.41, 5.74) is 0.263. The first-order chi connectivity index (χ1) is 11.7. The van der Waals surface area contributed by atoms with Gasteiger partial charge < -0.3 is 4.90 Å². The fourth-order valence-electron chi connectivity index (χ4n) is 4.12. The third-order valence-corrected chi connectivity index (χ3v) is 8.00. The predicted molar refractivity (Wildman–Crippen MR) is 94.9 cm³/mol. The smallest absolute Gasteiger partial charge is 0.248 e. The first-order valence-electron chi connectivity index (χ1n) is 8.67. The highest BCUT2D eigenvalue weighted by Crippen LogP contribution is 2.41. The molecule has 1 spiro atoms. The molecule has 1 aromatic rings. The Kier molecular flexibility index (Phi) is 4.89. The summed E-state index contributed by atoms with van der Waals surface area (Å²) in [7, 11) is -2.06. The van der Waals surface area contributed by atoms with E-state index >= 15 is 0 Å². The van der Waals surface area contributed by atoms with Crippen LogP contribution in [0.15, 0.2) is 4.90 Å². The zero-order valence-corrected chi connectivity index (χ0v) is 16.5. The van der Waals surface area contributed by atoms with Gasteiger partial charge >= 0.3 is 0 Å². The lowest BCUT2D eigenvalue weighted by Crippen LogP contribution is -2.54. The molecule has 1 atom stereocenters. The van der Waals surface area contributed by atoms with Crippen molar-refractivity contribution in [3.63, 3.8) is 0 Å². The maximum Gasteiger partial charge on any atom is 0.248 e. The number of piperidine rings is 2. The number of aromatic nitrogens is 2. The molecule has 2 saturated heterocycles. The van der Waals surface area contributed by atoms with Gasteiger partial charge in [-0.2, -0.15) is 9.40 Å². The molecule has 1 aromatic heterocycles. The Morgan fingerprint density at radius 1 is 1.28 bits per heavy atom. The van der Waals surface area contributed by atoms with Crippen molar-refractivity contribution in [3.8, 4) is 0 Å². The summed E-state index contributed by atoms with van der Waals surface area (Å²) in [6.45, 7) is 5.84. The molecule has 140 valence electrons. The molecule has 0 N–H and O–H groups in total. The molecule has 3 heterocycles. The van der Waals surface area contributed by atoms with Gasteiger partial charge in [0.1, 0.15) is 10.0 Å². The van der Waals surface area contributed by atoms with Crippen molar-refractivity contribution < 1.29 is 13.2 Å². The second-order valence-electron chi connectivity index (χ2n) is 7.18. The lowest BCUT2D eigenvalue weighted by molar-refractivity contribution is -0.138. The van der Waals surface area contributed by atoms with E-state index in [1.807, 2.05) is 11.8 Å². The van der Waals surface area contributed by atoms with Crippen molar-refractivity contribution in [2.75, 3.05) is 26.2 Å². The Labute approximate surface area is 154 Å². The van der Waals surface area contributed by atoms with Gasteiger partial charge in [-0.05, 0) is 33.1 Å². The van der Waals surface area contributed by atoms with Gasteiger partial charge in [-0.25, -0.2) is 8.42 Å². The number of carbonyl (C=O) groups excluding carboxylic acids is 1. The number of carbonyl (C=O) groups is 1. The van der Waals surface area contributed by atoms with Crippen LogP contribution in [0.1, 0.15) is 38.3 Å². The zero-order valence-electron chi connectivity index (χ0n) is 15.0. The number of rotatable bonds is 3. The summed E-state index contributed by atoms with van der Waals surface area (Å²) in [5, 5.41) is 4.28. The number of likely N-dealkylation sites (tertiary alicyclic amines) is 1. The summed E-state index contributed by atoms with van der Waals surface area (Å²) in [6, 6.07) is 0. The van der Waals surface area contributed by atoms with Crippen LogP contribution in [0.3, 0.4) is 0 Å². The van der Waals surface area contributed by atoms with E-state index in [1.165, 1.54) is 8.99 Å². The molecule has 0 aliphatic carbocycles. The zero-order chi connectivity index (χ0) is 18.4. The van der Waals surface area contributed by atoms with Gasteiger partial charge in [0.05, 0.1) is 5.69 Å². The average molecular weight is 389 g/mol. The van der Waals surface area contributed by atoms with Gasteiger partial charge in [0.2, 0.25) is 15.9 Å². The average Bonchev–Trinajstić information content (AvgIpc) is 2.83. The third kappa shape index (κ3) is 3.19. The number of sulfonamides is 1. The molecule has 0 radical (unpaired) electrons. The van der Waals surface area contributed by atoms with Crippen LogP contribution in [-0.2, 0) is 21.9 Å². The van der Waals surface area contributed by atoms with E-state index in [-0.39, 0.29) is 21.4 Å². The molecule has 25 heavy (non-hydrogen) atoms. The lowest BCUT2D eigenvalue weighted by atomic mass is 9.74. The monoisotopic (exact) mass is 388 g/mol. The van der Waals surface area contributed by atoms with E-state index in [0.29, 0.717) is 38.3 Å². The van der Waals surface area contributed by atoms with Crippen molar-refractivity contribution in [2.45, 2.75) is 44.4 Å². The quantitative estimate of drug-likeness (QED) is 0.791. The Morgan fingerprint density at radius 2 is 2.00 bits per heavy atom. The third-order valence-electron chi connectivity index (χ3n) is 5.45. The summed E-state index contributed by atoms with van der Waals surface area (Å²) in [4.78, 5) is 14.0. The minimum atomic E-state index is -3.70. The Hall–Kier alpha value is -1.12. The Morgan fingerprint density at radius 3 is 2.60 bits per heavy atom. The van der Waals surface area contributed by atoms with Crippen molar-refractivity contribution in [2.24, 2.45) is 12.5 Å². The number of hydrogen-bond donors (Lipinski definition) is 0. The first-order valence-corrected chi connectivity index (χ1v) is 10.5. The van der Waals surface area contributed by atoms with Gasteiger partial charge in [-0.3, -0.25) is 9.48 Å². The van der Waals surface area contributed by atoms with Crippen molar-refractivity contribution in [3.05, 3.63) is 10.8 Å². The van der Waals surface area contributed by atoms with Crippen LogP contribution in [0.4, 0.5) is 0 Å². The van der Waals surface area contributed by atoms with E-state index in [0.717, 1.165) is 19.3 Å². The molecule has 2 aliphatic rings. The molecule has 1 unspecified atom stereocenters. The van der Waals surface area contributed by atoms with E-state index in [1.54, 1.807) is 14.0 Å². The maximum absolute atomic E-state index is 13.2. The molecule has 0 aromatic carbocycles. The highest BCUT2D eigenvalue weighted by Gasteiger charge is 2.45. The molecule has 0 bridgehead atoms. The maximum atomic E-state index is 13.2. The number of hydrogen-bond acceptors (Lipinski definition) is 4. The van der Waals surface area contributed by atoms with Crippen molar-refractivity contribution in [1.29, 1.82) is 0 Å².